The third-order valence-electron chi connectivity index (χ3n) is 3.00. The van der Waals surface area contributed by atoms with Gasteiger partial charge in [0.1, 0.15) is 16.9 Å². The number of nitrogens with zero attached hydrogens (tertiary/aromatic N) is 2. The summed E-state index contributed by atoms with van der Waals surface area (Å²) in [5.41, 5.74) is -0.146. The Labute approximate surface area is 147 Å². The number of hydrogen-bond acceptors (Lipinski definition) is 5. The van der Waals surface area contributed by atoms with E-state index in [1.807, 2.05) is 18.2 Å². The number of pyridine rings is 1. The van der Waals surface area contributed by atoms with Crippen LogP contribution < -0.4 is 5.32 Å². The summed E-state index contributed by atoms with van der Waals surface area (Å²) in [5, 5.41) is 14.3. The fraction of sp³-hybridized carbons (Fsp3) is 0. The van der Waals surface area contributed by atoms with Crippen LogP contribution in [0.15, 0.2) is 41.0 Å². The van der Waals surface area contributed by atoms with Crippen molar-refractivity contribution in [3.05, 3.63) is 61.0 Å². The Morgan fingerprint density at radius 3 is 2.78 bits per heavy atom. The van der Waals surface area contributed by atoms with Gasteiger partial charge in [-0.2, -0.15) is 0 Å². The van der Waals surface area contributed by atoms with Gasteiger partial charge >= 0.3 is 0 Å². The van der Waals surface area contributed by atoms with Gasteiger partial charge < -0.3 is 5.32 Å². The van der Waals surface area contributed by atoms with Gasteiger partial charge in [-0.05, 0) is 18.2 Å². The lowest BCUT2D eigenvalue weighted by atomic mass is 10.2. The van der Waals surface area contributed by atoms with Crippen molar-refractivity contribution in [1.82, 2.24) is 4.98 Å². The molecule has 0 spiro atoms. The summed E-state index contributed by atoms with van der Waals surface area (Å²) in [7, 11) is 0. The molecule has 1 amide bonds. The van der Waals surface area contributed by atoms with E-state index in [0.717, 1.165) is 20.8 Å². The number of nitrogens with one attached hydrogen (secondary N) is 1. The average Bonchev–Trinajstić information content (AvgIpc) is 2.84. The molecule has 0 radical (unpaired) electrons. The highest BCUT2D eigenvalue weighted by molar-refractivity contribution is 9.10. The van der Waals surface area contributed by atoms with Gasteiger partial charge in [-0.15, -0.1) is 11.3 Å². The van der Waals surface area contributed by atoms with Crippen LogP contribution in [0.4, 0.5) is 11.5 Å². The van der Waals surface area contributed by atoms with E-state index in [4.69, 9.17) is 11.6 Å². The summed E-state index contributed by atoms with van der Waals surface area (Å²) in [4.78, 5) is 26.6. The summed E-state index contributed by atoms with van der Waals surface area (Å²) in [5.74, 6) is -0.191. The summed E-state index contributed by atoms with van der Waals surface area (Å²) in [6.07, 6.45) is 1.08. The van der Waals surface area contributed by atoms with Crippen LogP contribution in [0, 0.1) is 10.1 Å². The summed E-state index contributed by atoms with van der Waals surface area (Å²) < 4.78 is 1.78. The van der Waals surface area contributed by atoms with Crippen molar-refractivity contribution in [1.29, 1.82) is 0 Å². The second-order valence-electron chi connectivity index (χ2n) is 4.50. The molecule has 0 saturated heterocycles. The fourth-order valence-electron chi connectivity index (χ4n) is 1.93. The lowest BCUT2D eigenvalue weighted by molar-refractivity contribution is -0.385. The number of fused-ring (bicyclic) bond motifs is 1. The highest BCUT2D eigenvalue weighted by atomic mass is 79.9. The van der Waals surface area contributed by atoms with E-state index in [1.54, 1.807) is 0 Å². The molecule has 9 heteroatoms. The van der Waals surface area contributed by atoms with Crippen LogP contribution in [0.1, 0.15) is 9.67 Å². The zero-order valence-corrected chi connectivity index (χ0v) is 14.4. The number of amides is 1. The van der Waals surface area contributed by atoms with E-state index in [-0.39, 0.29) is 11.5 Å². The molecule has 0 fully saturated rings. The van der Waals surface area contributed by atoms with E-state index in [2.05, 4.69) is 26.2 Å². The molecule has 1 aromatic carbocycles. The van der Waals surface area contributed by atoms with Crippen LogP contribution in [0.25, 0.3) is 10.1 Å². The quantitative estimate of drug-likeness (QED) is 0.491. The smallest absolute Gasteiger partial charge is 0.287 e. The second kappa shape index (κ2) is 6.23. The summed E-state index contributed by atoms with van der Waals surface area (Å²) >= 11 is 10.9. The molecule has 0 aliphatic carbocycles. The zero-order valence-electron chi connectivity index (χ0n) is 11.2. The Balaban J connectivity index is 1.88. The molecule has 1 N–H and O–H groups in total. The van der Waals surface area contributed by atoms with E-state index in [1.165, 1.54) is 23.5 Å². The van der Waals surface area contributed by atoms with E-state index >= 15 is 0 Å². The number of rotatable bonds is 3. The van der Waals surface area contributed by atoms with Gasteiger partial charge in [0, 0.05) is 20.6 Å². The standard InChI is InChI=1S/C14H7BrClN3O3S/c15-7-1-3-9-10(5-7)23-13(12(9)16)14(20)18-11-4-2-8(6-17-11)19(21)22/h1-6H,(H,17,18,20). The molecule has 2 heterocycles. The minimum absolute atomic E-state index is 0.146. The predicted octanol–water partition coefficient (Wildman–Crippen LogP) is 4.87. The van der Waals surface area contributed by atoms with Gasteiger partial charge in [-0.3, -0.25) is 14.9 Å². The number of benzene rings is 1. The van der Waals surface area contributed by atoms with Crippen LogP contribution in [0.3, 0.4) is 0 Å². The molecule has 3 rings (SSSR count). The number of hydrogen-bond donors (Lipinski definition) is 1. The molecule has 3 aromatic rings. The molecule has 0 bridgehead atoms. The molecule has 0 saturated carbocycles. The largest absolute Gasteiger partial charge is 0.306 e. The monoisotopic (exact) mass is 411 g/mol. The first-order valence-electron chi connectivity index (χ1n) is 6.25. The highest BCUT2D eigenvalue weighted by Crippen LogP contribution is 2.37. The maximum absolute atomic E-state index is 12.3. The first kappa shape index (κ1) is 15.9. The summed E-state index contributed by atoms with van der Waals surface area (Å²) in [6.45, 7) is 0. The lowest BCUT2D eigenvalue weighted by Gasteiger charge is -2.02. The number of halogens is 2. The van der Waals surface area contributed by atoms with E-state index in [0.29, 0.717) is 9.90 Å². The van der Waals surface area contributed by atoms with Crippen molar-refractivity contribution >= 4 is 66.4 Å². The van der Waals surface area contributed by atoms with Gasteiger partial charge in [0.15, 0.2) is 0 Å². The SMILES string of the molecule is O=C(Nc1ccc([N+](=O)[O-])cn1)c1sc2cc(Br)ccc2c1Cl. The Kier molecular flexibility index (Phi) is 4.29. The van der Waals surface area contributed by atoms with Gasteiger partial charge in [0.2, 0.25) is 0 Å². The average molecular weight is 413 g/mol. The first-order valence-corrected chi connectivity index (χ1v) is 8.24. The minimum Gasteiger partial charge on any atom is -0.306 e. The summed E-state index contributed by atoms with van der Waals surface area (Å²) in [6, 6.07) is 8.20. The Morgan fingerprint density at radius 2 is 2.13 bits per heavy atom. The third kappa shape index (κ3) is 3.19. The molecular formula is C14H7BrClN3O3S. The maximum atomic E-state index is 12.3. The normalized spacial score (nSPS) is 10.7. The van der Waals surface area contributed by atoms with Gasteiger partial charge in [-0.1, -0.05) is 33.6 Å². The third-order valence-corrected chi connectivity index (χ3v) is 5.15. The predicted molar refractivity (Wildman–Crippen MR) is 93.4 cm³/mol. The number of anilines is 1. The molecule has 0 unspecified atom stereocenters. The molecular weight excluding hydrogens is 406 g/mol. The van der Waals surface area contributed by atoms with Gasteiger partial charge in [-0.25, -0.2) is 4.98 Å². The van der Waals surface area contributed by atoms with E-state index < -0.39 is 10.8 Å². The van der Waals surface area contributed by atoms with Crippen LogP contribution in [0.5, 0.6) is 0 Å². The topological polar surface area (TPSA) is 85.1 Å². The second-order valence-corrected chi connectivity index (χ2v) is 6.84. The van der Waals surface area contributed by atoms with Gasteiger partial charge in [0.05, 0.1) is 9.95 Å². The Bertz CT molecular complexity index is 927. The molecule has 0 atom stereocenters. The molecule has 6 nitrogen and oxygen atoms in total. The zero-order chi connectivity index (χ0) is 16.6. The van der Waals surface area contributed by atoms with Crippen LogP contribution in [-0.4, -0.2) is 15.8 Å². The number of thiophene rings is 1. The van der Waals surface area contributed by atoms with Crippen molar-refractivity contribution in [3.63, 3.8) is 0 Å². The van der Waals surface area contributed by atoms with Crippen molar-refractivity contribution < 1.29 is 9.72 Å². The number of aromatic nitrogens is 1. The first-order chi connectivity index (χ1) is 11.0. The molecule has 23 heavy (non-hydrogen) atoms. The lowest BCUT2D eigenvalue weighted by Crippen LogP contribution is -2.11. The highest BCUT2D eigenvalue weighted by Gasteiger charge is 2.18. The number of nitro groups is 1. The van der Waals surface area contributed by atoms with Crippen LogP contribution in [0.2, 0.25) is 5.02 Å². The molecule has 2 aromatic heterocycles. The minimum atomic E-state index is -0.556. The van der Waals surface area contributed by atoms with Crippen molar-refractivity contribution in [2.24, 2.45) is 0 Å². The molecule has 0 aliphatic rings. The number of carbonyl (C=O) groups excluding carboxylic acids is 1. The van der Waals surface area contributed by atoms with Crippen molar-refractivity contribution in [3.8, 4) is 0 Å². The van der Waals surface area contributed by atoms with Crippen molar-refractivity contribution in [2.75, 3.05) is 5.32 Å². The van der Waals surface area contributed by atoms with Crippen molar-refractivity contribution in [2.45, 2.75) is 0 Å². The Hall–Kier alpha value is -2.03. The van der Waals surface area contributed by atoms with Crippen LogP contribution >= 0.6 is 38.9 Å². The van der Waals surface area contributed by atoms with Crippen LogP contribution in [-0.2, 0) is 0 Å². The fourth-order valence-corrected chi connectivity index (χ4v) is 3.89. The maximum Gasteiger partial charge on any atom is 0.287 e. The van der Waals surface area contributed by atoms with Gasteiger partial charge in [0.25, 0.3) is 11.6 Å². The number of carbonyl (C=O) groups is 1. The van der Waals surface area contributed by atoms with E-state index in [9.17, 15) is 14.9 Å². The molecule has 116 valence electrons. The Morgan fingerprint density at radius 1 is 1.35 bits per heavy atom. The molecule has 0 aliphatic heterocycles.